The van der Waals surface area contributed by atoms with E-state index in [0.29, 0.717) is 0 Å². The molecule has 0 saturated heterocycles. The molecule has 0 saturated carbocycles. The van der Waals surface area contributed by atoms with Gasteiger partial charge in [0.25, 0.3) is 0 Å². The van der Waals surface area contributed by atoms with Crippen LogP contribution in [-0.2, 0) is 0 Å². The van der Waals surface area contributed by atoms with E-state index in [1.807, 2.05) is 39.0 Å². The average molecular weight is 180 g/mol. The lowest BCUT2D eigenvalue weighted by Crippen LogP contribution is -2.00. The zero-order valence-electron chi connectivity index (χ0n) is 9.02. The monoisotopic (exact) mass is 180 g/mol. The lowest BCUT2D eigenvalue weighted by atomic mass is 10.2. The van der Waals surface area contributed by atoms with Gasteiger partial charge in [-0.15, -0.1) is 0 Å². The van der Waals surface area contributed by atoms with E-state index >= 15 is 0 Å². The van der Waals surface area contributed by atoms with E-state index in [9.17, 15) is 0 Å². The second-order valence-electron chi connectivity index (χ2n) is 2.62. The summed E-state index contributed by atoms with van der Waals surface area (Å²) in [7, 11) is 0. The standard InChI is InChI=1S/C9H14N2.C2H6/c1-3-11-9-5-4-7(2)6-8(9)10;1-2/h4-6,11H,3,10H2,1-2H3;1-2H3. The summed E-state index contributed by atoms with van der Waals surface area (Å²) in [6.45, 7) is 9.00. The Morgan fingerprint density at radius 3 is 2.38 bits per heavy atom. The molecule has 0 amide bonds. The molecule has 74 valence electrons. The van der Waals surface area contributed by atoms with Crippen LogP contribution in [0.25, 0.3) is 0 Å². The molecule has 0 aliphatic heterocycles. The first-order valence-electron chi connectivity index (χ1n) is 4.84. The van der Waals surface area contributed by atoms with Gasteiger partial charge in [-0.05, 0) is 31.5 Å². The fraction of sp³-hybridized carbons (Fsp3) is 0.455. The number of nitrogen functional groups attached to an aromatic ring is 1. The normalized spacial score (nSPS) is 8.62. The highest BCUT2D eigenvalue weighted by Crippen LogP contribution is 2.18. The van der Waals surface area contributed by atoms with Crippen molar-refractivity contribution in [3.63, 3.8) is 0 Å². The minimum atomic E-state index is 0.826. The van der Waals surface area contributed by atoms with Crippen molar-refractivity contribution >= 4 is 11.4 Å². The number of benzene rings is 1. The number of nitrogens with two attached hydrogens (primary N) is 1. The Labute approximate surface area is 81.2 Å². The van der Waals surface area contributed by atoms with Crippen LogP contribution < -0.4 is 11.1 Å². The Bertz CT molecular complexity index is 244. The highest BCUT2D eigenvalue weighted by molar-refractivity contribution is 5.66. The first-order chi connectivity index (χ1) is 6.24. The van der Waals surface area contributed by atoms with Crippen LogP contribution in [0.4, 0.5) is 11.4 Å². The number of rotatable bonds is 2. The topological polar surface area (TPSA) is 38.0 Å². The van der Waals surface area contributed by atoms with Gasteiger partial charge < -0.3 is 11.1 Å². The van der Waals surface area contributed by atoms with Gasteiger partial charge in [-0.2, -0.15) is 0 Å². The summed E-state index contributed by atoms with van der Waals surface area (Å²) >= 11 is 0. The first kappa shape index (κ1) is 11.8. The lowest BCUT2D eigenvalue weighted by Gasteiger charge is -2.06. The highest BCUT2D eigenvalue weighted by atomic mass is 14.9. The van der Waals surface area contributed by atoms with Crippen molar-refractivity contribution in [2.45, 2.75) is 27.7 Å². The summed E-state index contributed by atoms with van der Waals surface area (Å²) in [5, 5.41) is 3.18. The van der Waals surface area contributed by atoms with E-state index in [0.717, 1.165) is 17.9 Å². The summed E-state index contributed by atoms with van der Waals surface area (Å²) in [5.41, 5.74) is 8.80. The summed E-state index contributed by atoms with van der Waals surface area (Å²) < 4.78 is 0. The third kappa shape index (κ3) is 3.83. The summed E-state index contributed by atoms with van der Waals surface area (Å²) in [6.07, 6.45) is 0. The van der Waals surface area contributed by atoms with Gasteiger partial charge in [0.2, 0.25) is 0 Å². The molecular formula is C11H20N2. The third-order valence-corrected chi connectivity index (χ3v) is 1.57. The van der Waals surface area contributed by atoms with Crippen molar-refractivity contribution in [1.82, 2.24) is 0 Å². The van der Waals surface area contributed by atoms with E-state index in [-0.39, 0.29) is 0 Å². The lowest BCUT2D eigenvalue weighted by molar-refractivity contribution is 1.21. The zero-order chi connectivity index (χ0) is 10.3. The van der Waals surface area contributed by atoms with E-state index in [1.165, 1.54) is 5.56 Å². The van der Waals surface area contributed by atoms with Gasteiger partial charge in [-0.25, -0.2) is 0 Å². The molecule has 1 aromatic rings. The second kappa shape index (κ2) is 6.35. The van der Waals surface area contributed by atoms with Crippen LogP contribution in [-0.4, -0.2) is 6.54 Å². The van der Waals surface area contributed by atoms with Crippen LogP contribution >= 0.6 is 0 Å². The number of hydrogen-bond donors (Lipinski definition) is 2. The quantitative estimate of drug-likeness (QED) is 0.686. The van der Waals surface area contributed by atoms with Gasteiger partial charge >= 0.3 is 0 Å². The van der Waals surface area contributed by atoms with Gasteiger partial charge in [0, 0.05) is 6.54 Å². The predicted octanol–water partition coefficient (Wildman–Crippen LogP) is 3.04. The Morgan fingerprint density at radius 1 is 1.31 bits per heavy atom. The van der Waals surface area contributed by atoms with Gasteiger partial charge in [-0.1, -0.05) is 19.9 Å². The van der Waals surface area contributed by atoms with Gasteiger partial charge in [0.1, 0.15) is 0 Å². The number of aryl methyl sites for hydroxylation is 1. The summed E-state index contributed by atoms with van der Waals surface area (Å²) in [6, 6.07) is 6.03. The fourth-order valence-corrected chi connectivity index (χ4v) is 1.03. The molecule has 0 aliphatic rings. The molecule has 2 heteroatoms. The summed E-state index contributed by atoms with van der Waals surface area (Å²) in [5.74, 6) is 0. The molecule has 1 rings (SSSR count). The Hall–Kier alpha value is -1.18. The maximum atomic E-state index is 5.74. The molecule has 1 aromatic carbocycles. The zero-order valence-corrected chi connectivity index (χ0v) is 9.02. The molecule has 2 nitrogen and oxygen atoms in total. The first-order valence-corrected chi connectivity index (χ1v) is 4.84. The predicted molar refractivity (Wildman–Crippen MR) is 61.1 cm³/mol. The molecular weight excluding hydrogens is 160 g/mol. The van der Waals surface area contributed by atoms with E-state index in [2.05, 4.69) is 12.2 Å². The Balaban J connectivity index is 0.000000671. The van der Waals surface area contributed by atoms with Crippen LogP contribution in [0.3, 0.4) is 0 Å². The minimum absolute atomic E-state index is 0.826. The molecule has 0 heterocycles. The summed E-state index contributed by atoms with van der Waals surface area (Å²) in [4.78, 5) is 0. The number of nitrogens with one attached hydrogen (secondary N) is 1. The molecule has 0 aliphatic carbocycles. The van der Waals surface area contributed by atoms with E-state index < -0.39 is 0 Å². The molecule has 0 atom stereocenters. The smallest absolute Gasteiger partial charge is 0.0574 e. The number of hydrogen-bond acceptors (Lipinski definition) is 2. The van der Waals surface area contributed by atoms with Crippen molar-refractivity contribution in [2.24, 2.45) is 0 Å². The Kier molecular flexibility index (Phi) is 5.77. The van der Waals surface area contributed by atoms with E-state index in [1.54, 1.807) is 0 Å². The van der Waals surface area contributed by atoms with Crippen LogP contribution in [0, 0.1) is 6.92 Å². The molecule has 0 fully saturated rings. The number of anilines is 2. The molecule has 3 N–H and O–H groups in total. The van der Waals surface area contributed by atoms with Crippen LogP contribution in [0.2, 0.25) is 0 Å². The maximum absolute atomic E-state index is 5.74. The van der Waals surface area contributed by atoms with Crippen molar-refractivity contribution in [3.05, 3.63) is 23.8 Å². The molecule has 0 bridgehead atoms. The SMILES string of the molecule is CC.CCNc1ccc(C)cc1N. The van der Waals surface area contributed by atoms with Gasteiger partial charge in [-0.3, -0.25) is 0 Å². The van der Waals surface area contributed by atoms with E-state index in [4.69, 9.17) is 5.73 Å². The highest BCUT2D eigenvalue weighted by Gasteiger charge is 1.95. The van der Waals surface area contributed by atoms with Crippen molar-refractivity contribution in [2.75, 3.05) is 17.6 Å². The third-order valence-electron chi connectivity index (χ3n) is 1.57. The minimum Gasteiger partial charge on any atom is -0.397 e. The average Bonchev–Trinajstić information content (AvgIpc) is 2.14. The maximum Gasteiger partial charge on any atom is 0.0574 e. The Morgan fingerprint density at radius 2 is 1.92 bits per heavy atom. The largest absolute Gasteiger partial charge is 0.397 e. The molecule has 13 heavy (non-hydrogen) atoms. The fourth-order valence-electron chi connectivity index (χ4n) is 1.03. The molecule has 0 radical (unpaired) electrons. The van der Waals surface area contributed by atoms with Gasteiger partial charge in [0.15, 0.2) is 0 Å². The van der Waals surface area contributed by atoms with Crippen molar-refractivity contribution < 1.29 is 0 Å². The van der Waals surface area contributed by atoms with Crippen molar-refractivity contribution in [3.8, 4) is 0 Å². The van der Waals surface area contributed by atoms with Crippen LogP contribution in [0.5, 0.6) is 0 Å². The van der Waals surface area contributed by atoms with Gasteiger partial charge in [0.05, 0.1) is 11.4 Å². The van der Waals surface area contributed by atoms with Crippen LogP contribution in [0.15, 0.2) is 18.2 Å². The molecule has 0 aromatic heterocycles. The molecule has 0 spiro atoms. The van der Waals surface area contributed by atoms with Crippen LogP contribution in [0.1, 0.15) is 26.3 Å². The molecule has 0 unspecified atom stereocenters. The van der Waals surface area contributed by atoms with Crippen molar-refractivity contribution in [1.29, 1.82) is 0 Å². The second-order valence-corrected chi connectivity index (χ2v) is 2.62.